The molecule has 0 aliphatic rings. The first-order chi connectivity index (χ1) is 20.8. The molecule has 1 N–H and O–H groups in total. The van der Waals surface area contributed by atoms with E-state index in [4.69, 9.17) is 9.57 Å². The summed E-state index contributed by atoms with van der Waals surface area (Å²) in [6.45, 7) is -1.55. The van der Waals surface area contributed by atoms with E-state index in [1.165, 1.54) is 0 Å². The van der Waals surface area contributed by atoms with Crippen molar-refractivity contribution in [3.05, 3.63) is 78.4 Å². The molecule has 5 nitrogen and oxygen atoms in total. The Morgan fingerprint density at radius 1 is 0.609 bits per heavy atom. The first kappa shape index (κ1) is 36.2. The van der Waals surface area contributed by atoms with E-state index in [0.717, 1.165) is 36.4 Å². The number of hydroxylamine groups is 1. The molecule has 0 radical (unpaired) electrons. The van der Waals surface area contributed by atoms with Crippen molar-refractivity contribution in [2.75, 3.05) is 11.6 Å². The van der Waals surface area contributed by atoms with E-state index < -0.39 is 77.6 Å². The van der Waals surface area contributed by atoms with E-state index in [-0.39, 0.29) is 22.9 Å². The molecule has 0 aliphatic carbocycles. The van der Waals surface area contributed by atoms with Crippen molar-refractivity contribution in [2.24, 2.45) is 0 Å². The van der Waals surface area contributed by atoms with Gasteiger partial charge in [-0.2, -0.15) is 65.9 Å². The molecular weight excluding hydrogens is 675 g/mol. The first-order valence-electron chi connectivity index (χ1n) is 12.0. The highest BCUT2D eigenvalue weighted by Gasteiger charge is 2.73. The van der Waals surface area contributed by atoms with E-state index in [2.05, 4.69) is 4.74 Å². The van der Waals surface area contributed by atoms with Crippen molar-refractivity contribution >= 4 is 5.69 Å². The predicted octanol–water partition coefficient (Wildman–Crippen LogP) is 9.03. The summed E-state index contributed by atoms with van der Waals surface area (Å²) in [7, 11) is 0. The standard InChI is InChI=1S/C26H16F15NO4/c27-21(28,23(32,33)24(34,35)36)14-4-1-9-19(10-14)46-42(13-20(43)22(29,30)31)15-5-2-6-16(11-15)44-17-7-3-8-18(12-17)45-26(40,41)25(37,38)39/h1-12,20,43H,13H2/t20-/m0/s1. The molecule has 0 saturated carbocycles. The van der Waals surface area contributed by atoms with Gasteiger partial charge in [-0.25, -0.2) is 5.06 Å². The molecule has 254 valence electrons. The second-order valence-corrected chi connectivity index (χ2v) is 9.08. The van der Waals surface area contributed by atoms with Crippen LogP contribution in [0.15, 0.2) is 72.8 Å². The Hall–Kier alpha value is -4.23. The van der Waals surface area contributed by atoms with Crippen LogP contribution in [0.1, 0.15) is 5.56 Å². The van der Waals surface area contributed by atoms with Crippen LogP contribution in [0.5, 0.6) is 23.0 Å². The van der Waals surface area contributed by atoms with Gasteiger partial charge < -0.3 is 19.4 Å². The van der Waals surface area contributed by atoms with Crippen LogP contribution in [0, 0.1) is 0 Å². The van der Waals surface area contributed by atoms with E-state index in [1.807, 2.05) is 0 Å². The summed E-state index contributed by atoms with van der Waals surface area (Å²) in [5, 5.41) is 9.76. The number of nitrogens with zero attached hydrogens (tertiary/aromatic N) is 1. The molecular formula is C26H16F15NO4. The summed E-state index contributed by atoms with van der Waals surface area (Å²) in [5.74, 6) is -15.3. The van der Waals surface area contributed by atoms with Gasteiger partial charge in [-0.05, 0) is 36.4 Å². The summed E-state index contributed by atoms with van der Waals surface area (Å²) < 4.78 is 206. The molecule has 3 aromatic rings. The van der Waals surface area contributed by atoms with Crippen molar-refractivity contribution < 1.29 is 85.3 Å². The van der Waals surface area contributed by atoms with Gasteiger partial charge in [0.1, 0.15) is 17.2 Å². The number of aliphatic hydroxyl groups is 1. The fourth-order valence-corrected chi connectivity index (χ4v) is 3.34. The Morgan fingerprint density at radius 3 is 1.70 bits per heavy atom. The van der Waals surface area contributed by atoms with Gasteiger partial charge in [0.05, 0.1) is 12.2 Å². The summed E-state index contributed by atoms with van der Waals surface area (Å²) in [6, 6.07) is 8.56. The Bertz CT molecular complexity index is 1490. The first-order valence-corrected chi connectivity index (χ1v) is 12.0. The third-order valence-electron chi connectivity index (χ3n) is 5.60. The molecule has 1 atom stereocenters. The molecule has 0 spiro atoms. The Labute approximate surface area is 247 Å². The van der Waals surface area contributed by atoms with E-state index >= 15 is 0 Å². The summed E-state index contributed by atoms with van der Waals surface area (Å²) in [4.78, 5) is 5.06. The fourth-order valence-electron chi connectivity index (χ4n) is 3.34. The summed E-state index contributed by atoms with van der Waals surface area (Å²) >= 11 is 0. The van der Waals surface area contributed by atoms with Crippen molar-refractivity contribution in [1.29, 1.82) is 0 Å². The zero-order valence-electron chi connectivity index (χ0n) is 22.0. The Kier molecular flexibility index (Phi) is 9.86. The smallest absolute Gasteiger partial charge is 0.457 e. The number of alkyl halides is 15. The third-order valence-corrected chi connectivity index (χ3v) is 5.60. The number of halogens is 15. The highest BCUT2D eigenvalue weighted by molar-refractivity contribution is 5.51. The number of ether oxygens (including phenoxy) is 2. The monoisotopic (exact) mass is 691 g/mol. The van der Waals surface area contributed by atoms with Crippen LogP contribution in [0.25, 0.3) is 0 Å². The molecule has 3 aromatic carbocycles. The predicted molar refractivity (Wildman–Crippen MR) is 126 cm³/mol. The van der Waals surface area contributed by atoms with Crippen LogP contribution in [0.3, 0.4) is 0 Å². The van der Waals surface area contributed by atoms with Gasteiger partial charge in [-0.1, -0.05) is 24.3 Å². The van der Waals surface area contributed by atoms with Crippen LogP contribution in [-0.4, -0.2) is 48.3 Å². The molecule has 0 amide bonds. The second-order valence-electron chi connectivity index (χ2n) is 9.08. The number of anilines is 1. The van der Waals surface area contributed by atoms with E-state index in [9.17, 15) is 71.0 Å². The minimum Gasteiger partial charge on any atom is -0.457 e. The van der Waals surface area contributed by atoms with Crippen LogP contribution in [0.4, 0.5) is 71.5 Å². The lowest BCUT2D eigenvalue weighted by atomic mass is 10.0. The second kappa shape index (κ2) is 12.5. The maximum atomic E-state index is 14.2. The highest BCUT2D eigenvalue weighted by Crippen LogP contribution is 2.52. The van der Waals surface area contributed by atoms with Crippen LogP contribution in [0.2, 0.25) is 0 Å². The lowest BCUT2D eigenvalue weighted by molar-refractivity contribution is -0.360. The van der Waals surface area contributed by atoms with Crippen molar-refractivity contribution in [3.63, 3.8) is 0 Å². The molecule has 0 unspecified atom stereocenters. The highest BCUT2D eigenvalue weighted by atomic mass is 19.4. The number of benzene rings is 3. The largest absolute Gasteiger partial charge is 0.499 e. The molecule has 0 aliphatic heterocycles. The molecule has 0 saturated heterocycles. The zero-order valence-corrected chi connectivity index (χ0v) is 22.0. The molecule has 0 fully saturated rings. The normalized spacial score (nSPS) is 14.1. The lowest BCUT2D eigenvalue weighted by Crippen LogP contribution is -2.50. The van der Waals surface area contributed by atoms with E-state index in [1.54, 1.807) is 0 Å². The van der Waals surface area contributed by atoms with Crippen molar-refractivity contribution in [2.45, 2.75) is 42.6 Å². The zero-order chi connectivity index (χ0) is 34.9. The number of aliphatic hydroxyl groups excluding tert-OH is 1. The summed E-state index contributed by atoms with van der Waals surface area (Å²) in [5.41, 5.74) is -2.45. The number of hydrogen-bond acceptors (Lipinski definition) is 5. The topological polar surface area (TPSA) is 51.2 Å². The average Bonchev–Trinajstić information content (AvgIpc) is 2.91. The lowest BCUT2D eigenvalue weighted by Gasteiger charge is -2.30. The van der Waals surface area contributed by atoms with E-state index in [0.29, 0.717) is 24.3 Å². The van der Waals surface area contributed by atoms with Gasteiger partial charge in [0.15, 0.2) is 11.9 Å². The van der Waals surface area contributed by atoms with Gasteiger partial charge in [0, 0.05) is 17.7 Å². The SMILES string of the molecule is O[C@@H](CN(Oc1cccc(C(F)(F)C(F)(F)C(F)(F)F)c1)c1cccc(Oc2cccc(OC(F)(F)C(F)(F)F)c2)c1)C(F)(F)F. The van der Waals surface area contributed by atoms with Crippen LogP contribution < -0.4 is 19.4 Å². The van der Waals surface area contributed by atoms with Crippen LogP contribution in [-0.2, 0) is 5.92 Å². The molecule has 20 heteroatoms. The minimum atomic E-state index is -6.71. The van der Waals surface area contributed by atoms with Gasteiger partial charge >= 0.3 is 36.5 Å². The van der Waals surface area contributed by atoms with Gasteiger partial charge in [-0.15, -0.1) is 0 Å². The molecule has 0 bridgehead atoms. The van der Waals surface area contributed by atoms with Gasteiger partial charge in [-0.3, -0.25) is 0 Å². The van der Waals surface area contributed by atoms with Crippen molar-refractivity contribution in [1.82, 2.24) is 0 Å². The van der Waals surface area contributed by atoms with Gasteiger partial charge in [0.25, 0.3) is 0 Å². The molecule has 46 heavy (non-hydrogen) atoms. The number of hydrogen-bond donors (Lipinski definition) is 1. The average molecular weight is 691 g/mol. The van der Waals surface area contributed by atoms with Crippen LogP contribution >= 0.6 is 0 Å². The quantitative estimate of drug-likeness (QED) is 0.161. The molecule has 3 rings (SSSR count). The third kappa shape index (κ3) is 8.13. The minimum absolute atomic E-state index is 0.0187. The molecule has 0 aromatic heterocycles. The maximum absolute atomic E-state index is 14.2. The number of rotatable bonds is 11. The molecule has 0 heterocycles. The van der Waals surface area contributed by atoms with Gasteiger partial charge in [0.2, 0.25) is 0 Å². The Balaban J connectivity index is 1.95. The Morgan fingerprint density at radius 2 is 1.13 bits per heavy atom. The summed E-state index contributed by atoms with van der Waals surface area (Å²) in [6.07, 6.45) is -26.9. The van der Waals surface area contributed by atoms with Crippen molar-refractivity contribution in [3.8, 4) is 23.0 Å². The fraction of sp³-hybridized carbons (Fsp3) is 0.308. The maximum Gasteiger partial charge on any atom is 0.499 e.